The number of benzene rings is 1. The minimum Gasteiger partial charge on any atom is -0.445 e. The van der Waals surface area contributed by atoms with Crippen molar-refractivity contribution in [1.29, 1.82) is 0 Å². The molecule has 2 bridgehead atoms. The molecule has 6 atom stereocenters. The summed E-state index contributed by atoms with van der Waals surface area (Å²) < 4.78 is 7.41. The van der Waals surface area contributed by atoms with Gasteiger partial charge in [-0.05, 0) is 68.8 Å². The average molecular weight is 552 g/mol. The van der Waals surface area contributed by atoms with Gasteiger partial charge in [0.2, 0.25) is 5.89 Å². The lowest BCUT2D eigenvalue weighted by Gasteiger charge is -2.42. The van der Waals surface area contributed by atoms with Crippen LogP contribution in [-0.2, 0) is 0 Å². The molecule has 0 amide bonds. The lowest BCUT2D eigenvalue weighted by Crippen LogP contribution is -2.54. The summed E-state index contributed by atoms with van der Waals surface area (Å²) in [5.41, 5.74) is 5.56. The molecular formula is C29H38ClN7O2. The fourth-order valence-electron chi connectivity index (χ4n) is 6.90. The van der Waals surface area contributed by atoms with Crippen molar-refractivity contribution in [3.63, 3.8) is 0 Å². The SMILES string of the molecule is C[C@@H]1CCC[C@H](n2cnc(-c3cc(Cl)ccc3-c3ncco3)cc2=O)C2CC(CCN2)C2C(CNN2C)NC1. The van der Waals surface area contributed by atoms with Gasteiger partial charge in [0.1, 0.15) is 6.26 Å². The van der Waals surface area contributed by atoms with Gasteiger partial charge < -0.3 is 15.1 Å². The van der Waals surface area contributed by atoms with E-state index in [4.69, 9.17) is 21.0 Å². The number of rotatable bonds is 3. The molecule has 0 spiro atoms. The van der Waals surface area contributed by atoms with E-state index in [1.807, 2.05) is 16.7 Å². The van der Waals surface area contributed by atoms with Crippen LogP contribution in [0, 0.1) is 11.8 Å². The summed E-state index contributed by atoms with van der Waals surface area (Å²) in [4.78, 5) is 22.8. The summed E-state index contributed by atoms with van der Waals surface area (Å²) in [6, 6.07) is 8.24. The number of nitrogens with one attached hydrogen (secondary N) is 3. The molecule has 2 aromatic heterocycles. The molecule has 1 aromatic carbocycles. The second kappa shape index (κ2) is 11.5. The number of oxazole rings is 1. The van der Waals surface area contributed by atoms with Crippen molar-refractivity contribution >= 4 is 11.6 Å². The van der Waals surface area contributed by atoms with Crippen molar-refractivity contribution in [3.05, 3.63) is 58.4 Å². The van der Waals surface area contributed by atoms with Gasteiger partial charge in [0.05, 0.1) is 24.3 Å². The summed E-state index contributed by atoms with van der Waals surface area (Å²) in [6.45, 7) is 5.28. The molecule has 6 rings (SSSR count). The molecule has 0 aliphatic carbocycles. The Labute approximate surface area is 234 Å². The highest BCUT2D eigenvalue weighted by Crippen LogP contribution is 2.35. The number of fused-ring (bicyclic) bond motifs is 4. The van der Waals surface area contributed by atoms with Crippen LogP contribution in [0.1, 0.15) is 45.1 Å². The maximum atomic E-state index is 13.7. The van der Waals surface area contributed by atoms with Gasteiger partial charge in [-0.15, -0.1) is 0 Å². The molecular weight excluding hydrogens is 514 g/mol. The average Bonchev–Trinajstić information content (AvgIpc) is 3.60. The molecule has 0 radical (unpaired) electrons. The Morgan fingerprint density at radius 3 is 2.77 bits per heavy atom. The Hall–Kier alpha value is -2.56. The van der Waals surface area contributed by atoms with E-state index in [2.05, 4.69) is 40.0 Å². The number of likely N-dealkylation sites (N-methyl/N-ethyl adjacent to an activating group) is 1. The zero-order valence-electron chi connectivity index (χ0n) is 22.6. The Morgan fingerprint density at radius 1 is 1.05 bits per heavy atom. The van der Waals surface area contributed by atoms with E-state index >= 15 is 0 Å². The van der Waals surface area contributed by atoms with Crippen molar-refractivity contribution in [3.8, 4) is 22.7 Å². The molecule has 3 fully saturated rings. The van der Waals surface area contributed by atoms with Crippen LogP contribution in [0.5, 0.6) is 0 Å². The topological polar surface area (TPSA) is 100 Å². The van der Waals surface area contributed by atoms with Gasteiger partial charge in [-0.1, -0.05) is 24.9 Å². The van der Waals surface area contributed by atoms with Crippen LogP contribution >= 0.6 is 11.6 Å². The molecule has 0 saturated carbocycles. The van der Waals surface area contributed by atoms with Crippen LogP contribution in [0.2, 0.25) is 5.02 Å². The lowest BCUT2D eigenvalue weighted by atomic mass is 9.80. The van der Waals surface area contributed by atoms with E-state index in [0.717, 1.165) is 62.9 Å². The summed E-state index contributed by atoms with van der Waals surface area (Å²) >= 11 is 6.34. The van der Waals surface area contributed by atoms with Crippen molar-refractivity contribution in [2.45, 2.75) is 63.2 Å². The number of piperidine rings is 1. The van der Waals surface area contributed by atoms with Crippen molar-refractivity contribution < 1.29 is 4.42 Å². The zero-order valence-corrected chi connectivity index (χ0v) is 23.4. The number of hydrazine groups is 1. The second-order valence-electron chi connectivity index (χ2n) is 11.5. The molecule has 3 aliphatic rings. The molecule has 3 aliphatic heterocycles. The van der Waals surface area contributed by atoms with Gasteiger partial charge in [-0.2, -0.15) is 0 Å². The highest BCUT2D eigenvalue weighted by atomic mass is 35.5. The van der Waals surface area contributed by atoms with Gasteiger partial charge in [-0.25, -0.2) is 15.0 Å². The van der Waals surface area contributed by atoms with Crippen LogP contribution in [0.3, 0.4) is 0 Å². The number of hydrogen-bond acceptors (Lipinski definition) is 8. The minimum absolute atomic E-state index is 0.0464. The first-order chi connectivity index (χ1) is 19.0. The first-order valence-corrected chi connectivity index (χ1v) is 14.6. The number of aromatic nitrogens is 3. The zero-order chi connectivity index (χ0) is 26.9. The van der Waals surface area contributed by atoms with Gasteiger partial charge in [0.25, 0.3) is 5.56 Å². The summed E-state index contributed by atoms with van der Waals surface area (Å²) in [5, 5.41) is 10.5. The van der Waals surface area contributed by atoms with Crippen LogP contribution < -0.4 is 21.6 Å². The standard InChI is InChI=1S/C29H38ClN7O2/c1-18-4-3-5-26(24-12-19(8-9-31-24)28-25(33-15-18)16-35-36(28)2)37-17-34-23(14-27(37)38)22-13-20(30)6-7-21(22)29-32-10-11-39-29/h6-7,10-11,13-14,17-19,24-26,28,31,33,35H,3-5,8-9,12,15-16H2,1-2H3/t18-,19?,24?,25?,26+,28?/m1/s1. The number of nitrogens with zero attached hydrogens (tertiary/aromatic N) is 4. The van der Waals surface area contributed by atoms with E-state index < -0.39 is 0 Å². The molecule has 3 N–H and O–H groups in total. The largest absolute Gasteiger partial charge is 0.445 e. The van der Waals surface area contributed by atoms with Crippen LogP contribution in [0.4, 0.5) is 0 Å². The summed E-state index contributed by atoms with van der Waals surface area (Å²) in [6.07, 6.45) is 10.2. The van der Waals surface area contributed by atoms with Crippen LogP contribution in [-0.4, -0.2) is 64.4 Å². The highest BCUT2D eigenvalue weighted by Gasteiger charge is 2.41. The first kappa shape index (κ1) is 26.7. The Kier molecular flexibility index (Phi) is 7.86. The van der Waals surface area contributed by atoms with E-state index in [-0.39, 0.29) is 17.6 Å². The maximum Gasteiger partial charge on any atom is 0.254 e. The Balaban J connectivity index is 1.33. The van der Waals surface area contributed by atoms with E-state index in [9.17, 15) is 4.79 Å². The third-order valence-electron chi connectivity index (χ3n) is 8.88. The molecule has 208 valence electrons. The smallest absolute Gasteiger partial charge is 0.254 e. The molecule has 3 aromatic rings. The van der Waals surface area contributed by atoms with Crippen molar-refractivity contribution in [1.82, 2.24) is 35.6 Å². The molecule has 39 heavy (non-hydrogen) atoms. The molecule has 5 heterocycles. The molecule has 3 saturated heterocycles. The van der Waals surface area contributed by atoms with E-state index in [1.54, 1.807) is 24.7 Å². The molecule has 9 nitrogen and oxygen atoms in total. The van der Waals surface area contributed by atoms with Crippen molar-refractivity contribution in [2.75, 3.05) is 26.7 Å². The summed E-state index contributed by atoms with van der Waals surface area (Å²) in [5.74, 6) is 1.60. The van der Waals surface area contributed by atoms with Crippen molar-refractivity contribution in [2.24, 2.45) is 11.8 Å². The normalized spacial score (nSPS) is 30.3. The van der Waals surface area contributed by atoms with E-state index in [1.165, 1.54) is 6.26 Å². The first-order valence-electron chi connectivity index (χ1n) is 14.2. The van der Waals surface area contributed by atoms with Gasteiger partial charge >= 0.3 is 0 Å². The quantitative estimate of drug-likeness (QED) is 0.453. The van der Waals surface area contributed by atoms with Crippen LogP contribution in [0.15, 0.2) is 52.3 Å². The number of hydrogen-bond donors (Lipinski definition) is 3. The second-order valence-corrected chi connectivity index (χ2v) is 11.9. The third kappa shape index (κ3) is 5.56. The predicted octanol–water partition coefficient (Wildman–Crippen LogP) is 3.72. The molecule has 4 unspecified atom stereocenters. The molecule has 10 heteroatoms. The fraction of sp³-hybridized carbons (Fsp3) is 0.552. The van der Waals surface area contributed by atoms with Gasteiger partial charge in [-0.3, -0.25) is 14.8 Å². The minimum atomic E-state index is -0.0495. The van der Waals surface area contributed by atoms with Gasteiger partial charge in [0.15, 0.2) is 0 Å². The highest BCUT2D eigenvalue weighted by molar-refractivity contribution is 6.31. The monoisotopic (exact) mass is 551 g/mol. The number of halogens is 1. The lowest BCUT2D eigenvalue weighted by molar-refractivity contribution is 0.108. The van der Waals surface area contributed by atoms with Crippen LogP contribution in [0.25, 0.3) is 22.7 Å². The maximum absolute atomic E-state index is 13.7. The Bertz CT molecular complexity index is 1330. The van der Waals surface area contributed by atoms with E-state index in [0.29, 0.717) is 40.5 Å². The summed E-state index contributed by atoms with van der Waals surface area (Å²) in [7, 11) is 2.17. The fourth-order valence-corrected chi connectivity index (χ4v) is 7.07. The van der Waals surface area contributed by atoms with Gasteiger partial charge in [0, 0.05) is 53.9 Å². The third-order valence-corrected chi connectivity index (χ3v) is 9.12. The predicted molar refractivity (Wildman–Crippen MR) is 152 cm³/mol. The Morgan fingerprint density at radius 2 is 1.95 bits per heavy atom.